The number of carbonyl (C=O) groups excluding carboxylic acids is 1. The Hall–Kier alpha value is 0.0500. The minimum Gasteiger partial charge on any atom is -0.469 e. The maximum absolute atomic E-state index is 10.9. The molecule has 1 aliphatic carbocycles. The molecule has 0 unspecified atom stereocenters. The van der Waals surface area contributed by atoms with E-state index in [1.807, 2.05) is 0 Å². The molecule has 0 spiro atoms. The molecule has 58 valence electrons. The Bertz CT molecular complexity index is 179. The summed E-state index contributed by atoms with van der Waals surface area (Å²) in [5.74, 6) is -0.336. The predicted octanol–water partition coefficient (Wildman–Crippen LogP) is 1.74. The van der Waals surface area contributed by atoms with Crippen molar-refractivity contribution in [2.24, 2.45) is 5.41 Å². The summed E-state index contributed by atoms with van der Waals surface area (Å²) >= 11 is 11.4. The van der Waals surface area contributed by atoms with Gasteiger partial charge in [0.15, 0.2) is 0 Å². The number of alkyl halides is 2. The summed E-state index contributed by atoms with van der Waals surface area (Å²) in [6, 6.07) is 0. The summed E-state index contributed by atoms with van der Waals surface area (Å²) in [7, 11) is 1.33. The molecule has 0 radical (unpaired) electrons. The molecule has 1 saturated carbocycles. The van der Waals surface area contributed by atoms with Gasteiger partial charge in [0.05, 0.1) is 7.11 Å². The lowest BCUT2D eigenvalue weighted by Crippen LogP contribution is -2.19. The monoisotopic (exact) mass is 182 g/mol. The number of methoxy groups -OCH3 is 1. The van der Waals surface area contributed by atoms with Crippen molar-refractivity contribution in [3.63, 3.8) is 0 Å². The topological polar surface area (TPSA) is 26.3 Å². The Morgan fingerprint density at radius 3 is 2.10 bits per heavy atom. The summed E-state index contributed by atoms with van der Waals surface area (Å²) in [4.78, 5) is 10.9. The fourth-order valence-corrected chi connectivity index (χ4v) is 1.54. The average molecular weight is 183 g/mol. The van der Waals surface area contributed by atoms with Crippen LogP contribution in [0.1, 0.15) is 13.3 Å². The first kappa shape index (κ1) is 8.15. The number of rotatable bonds is 1. The summed E-state index contributed by atoms with van der Waals surface area (Å²) in [6.07, 6.45) is 0.482. The van der Waals surface area contributed by atoms with E-state index in [0.29, 0.717) is 6.42 Å². The van der Waals surface area contributed by atoms with Crippen molar-refractivity contribution in [3.05, 3.63) is 0 Å². The van der Waals surface area contributed by atoms with Crippen LogP contribution in [0.25, 0.3) is 0 Å². The number of hydrogen-bond acceptors (Lipinski definition) is 2. The van der Waals surface area contributed by atoms with Crippen LogP contribution in [0.3, 0.4) is 0 Å². The van der Waals surface area contributed by atoms with Gasteiger partial charge in [-0.2, -0.15) is 0 Å². The number of esters is 1. The first-order valence-corrected chi connectivity index (χ1v) is 3.66. The number of halogens is 2. The Morgan fingerprint density at radius 2 is 2.00 bits per heavy atom. The van der Waals surface area contributed by atoms with Crippen molar-refractivity contribution in [2.75, 3.05) is 7.11 Å². The molecule has 0 saturated heterocycles. The lowest BCUT2D eigenvalue weighted by atomic mass is 10.1. The van der Waals surface area contributed by atoms with Gasteiger partial charge < -0.3 is 4.74 Å². The third-order valence-electron chi connectivity index (χ3n) is 1.89. The fraction of sp³-hybridized carbons (Fsp3) is 0.833. The van der Waals surface area contributed by atoms with Crippen LogP contribution in [-0.4, -0.2) is 17.4 Å². The van der Waals surface area contributed by atoms with Crippen LogP contribution in [0.5, 0.6) is 0 Å². The molecule has 1 aliphatic rings. The Balaban J connectivity index is 2.68. The first-order chi connectivity index (χ1) is 4.44. The van der Waals surface area contributed by atoms with Crippen LogP contribution in [-0.2, 0) is 9.53 Å². The molecule has 1 fully saturated rings. The van der Waals surface area contributed by atoms with Gasteiger partial charge in [0.1, 0.15) is 9.75 Å². The quantitative estimate of drug-likeness (QED) is 0.457. The largest absolute Gasteiger partial charge is 0.469 e. The van der Waals surface area contributed by atoms with E-state index in [9.17, 15) is 4.79 Å². The maximum atomic E-state index is 10.9. The van der Waals surface area contributed by atoms with Crippen LogP contribution in [0.4, 0.5) is 0 Å². The predicted molar refractivity (Wildman–Crippen MR) is 39.2 cm³/mol. The second-order valence-corrected chi connectivity index (χ2v) is 4.19. The zero-order chi connectivity index (χ0) is 7.99. The molecular formula is C6H8Cl2O2. The highest BCUT2D eigenvalue weighted by Crippen LogP contribution is 2.64. The molecule has 0 amide bonds. The van der Waals surface area contributed by atoms with Gasteiger partial charge in [-0.3, -0.25) is 4.79 Å². The highest BCUT2D eigenvalue weighted by atomic mass is 35.5. The van der Waals surface area contributed by atoms with Gasteiger partial charge in [0.25, 0.3) is 0 Å². The summed E-state index contributed by atoms with van der Waals surface area (Å²) < 4.78 is 3.60. The van der Waals surface area contributed by atoms with Gasteiger partial charge in [-0.05, 0) is 6.92 Å². The van der Waals surface area contributed by atoms with Crippen LogP contribution in [0.15, 0.2) is 0 Å². The van der Waals surface area contributed by atoms with Crippen molar-refractivity contribution in [1.82, 2.24) is 0 Å². The van der Waals surface area contributed by atoms with Crippen molar-refractivity contribution < 1.29 is 9.53 Å². The molecule has 0 bridgehead atoms. The molecule has 4 heteroatoms. The Labute approximate surface area is 69.4 Å². The van der Waals surface area contributed by atoms with Crippen molar-refractivity contribution in [1.29, 1.82) is 0 Å². The minimum absolute atomic E-state index is 0.336. The van der Waals surface area contributed by atoms with Gasteiger partial charge >= 0.3 is 5.97 Å². The zero-order valence-corrected chi connectivity index (χ0v) is 7.29. The second-order valence-electron chi connectivity index (χ2n) is 2.70. The van der Waals surface area contributed by atoms with Gasteiger partial charge in [-0.1, -0.05) is 0 Å². The fourth-order valence-electron chi connectivity index (χ4n) is 0.847. The van der Waals surface area contributed by atoms with E-state index in [1.54, 1.807) is 6.92 Å². The SMILES string of the molecule is COC(=O)[C@@]1(C)CC1(Cl)Cl. The molecule has 10 heavy (non-hydrogen) atoms. The van der Waals surface area contributed by atoms with E-state index >= 15 is 0 Å². The summed E-state index contributed by atoms with van der Waals surface area (Å²) in [6.45, 7) is 1.69. The van der Waals surface area contributed by atoms with E-state index in [1.165, 1.54) is 7.11 Å². The van der Waals surface area contributed by atoms with E-state index in [-0.39, 0.29) is 5.97 Å². The van der Waals surface area contributed by atoms with Gasteiger partial charge in [-0.15, -0.1) is 23.2 Å². The average Bonchev–Trinajstić information content (AvgIpc) is 2.32. The smallest absolute Gasteiger partial charge is 0.314 e. The lowest BCUT2D eigenvalue weighted by Gasteiger charge is -2.07. The van der Waals surface area contributed by atoms with E-state index < -0.39 is 9.75 Å². The van der Waals surface area contributed by atoms with E-state index in [4.69, 9.17) is 23.2 Å². The molecule has 0 aliphatic heterocycles. The normalized spacial score (nSPS) is 35.2. The van der Waals surface area contributed by atoms with Crippen LogP contribution < -0.4 is 0 Å². The Kier molecular flexibility index (Phi) is 1.64. The molecule has 2 nitrogen and oxygen atoms in total. The molecule has 0 aromatic heterocycles. The van der Waals surface area contributed by atoms with E-state index in [2.05, 4.69) is 4.74 Å². The minimum atomic E-state index is -0.903. The Morgan fingerprint density at radius 1 is 1.60 bits per heavy atom. The highest BCUT2D eigenvalue weighted by Gasteiger charge is 2.68. The van der Waals surface area contributed by atoms with Crippen molar-refractivity contribution in [2.45, 2.75) is 17.7 Å². The lowest BCUT2D eigenvalue weighted by molar-refractivity contribution is -0.146. The second kappa shape index (κ2) is 2.02. The molecule has 0 aromatic rings. The molecular weight excluding hydrogens is 175 g/mol. The molecule has 0 N–H and O–H groups in total. The van der Waals surface area contributed by atoms with Gasteiger partial charge in [-0.25, -0.2) is 0 Å². The number of ether oxygens (including phenoxy) is 1. The van der Waals surface area contributed by atoms with Crippen LogP contribution in [0.2, 0.25) is 0 Å². The van der Waals surface area contributed by atoms with Gasteiger partial charge in [0, 0.05) is 6.42 Å². The van der Waals surface area contributed by atoms with Gasteiger partial charge in [0.2, 0.25) is 0 Å². The molecule has 1 atom stereocenters. The number of carbonyl (C=O) groups is 1. The number of hydrogen-bond donors (Lipinski definition) is 0. The summed E-state index contributed by atoms with van der Waals surface area (Å²) in [5.41, 5.74) is -0.676. The van der Waals surface area contributed by atoms with Crippen molar-refractivity contribution in [3.8, 4) is 0 Å². The van der Waals surface area contributed by atoms with Crippen molar-refractivity contribution >= 4 is 29.2 Å². The molecule has 0 heterocycles. The third kappa shape index (κ3) is 0.903. The van der Waals surface area contributed by atoms with Crippen LogP contribution in [0, 0.1) is 5.41 Å². The van der Waals surface area contributed by atoms with Crippen LogP contribution >= 0.6 is 23.2 Å². The summed E-state index contributed by atoms with van der Waals surface area (Å²) in [5, 5.41) is 0. The molecule has 0 aromatic carbocycles. The third-order valence-corrected chi connectivity index (χ3v) is 3.00. The standard InChI is InChI=1S/C6H8Cl2O2/c1-5(4(9)10-2)3-6(5,7)8/h3H2,1-2H3/t5-/m1/s1. The molecule has 1 rings (SSSR count). The maximum Gasteiger partial charge on any atom is 0.314 e. The van der Waals surface area contributed by atoms with E-state index in [0.717, 1.165) is 0 Å². The zero-order valence-electron chi connectivity index (χ0n) is 5.78. The highest BCUT2D eigenvalue weighted by molar-refractivity contribution is 6.53. The first-order valence-electron chi connectivity index (χ1n) is 2.90.